The number of aryl methyl sites for hydroxylation is 1. The van der Waals surface area contributed by atoms with Gasteiger partial charge < -0.3 is 9.64 Å². The van der Waals surface area contributed by atoms with Crippen LogP contribution in [0.1, 0.15) is 35.8 Å². The summed E-state index contributed by atoms with van der Waals surface area (Å²) in [5, 5.41) is 2.57. The smallest absolute Gasteiger partial charge is 0.325 e. The molecule has 2 aromatic rings. The lowest BCUT2D eigenvalue weighted by molar-refractivity contribution is -0.144. The molecule has 1 saturated carbocycles. The zero-order valence-corrected chi connectivity index (χ0v) is 14.6. The van der Waals surface area contributed by atoms with Crippen LogP contribution in [0.2, 0.25) is 0 Å². The number of carbonyl (C=O) groups is 2. The highest BCUT2D eigenvalue weighted by atomic mass is 32.1. The minimum atomic E-state index is -0.369. The van der Waals surface area contributed by atoms with Crippen LogP contribution in [0.5, 0.6) is 0 Å². The molecule has 6 heteroatoms. The molecule has 1 aliphatic rings. The Hall–Kier alpha value is -2.21. The van der Waals surface area contributed by atoms with Crippen LogP contribution in [-0.4, -0.2) is 41.0 Å². The monoisotopic (exact) mass is 344 g/mol. The maximum Gasteiger partial charge on any atom is 0.325 e. The third-order valence-corrected chi connectivity index (χ3v) is 4.77. The number of nitrogens with zero attached hydrogens (tertiary/aromatic N) is 2. The summed E-state index contributed by atoms with van der Waals surface area (Å²) in [6, 6.07) is 8.18. The molecule has 0 bridgehead atoms. The van der Waals surface area contributed by atoms with Gasteiger partial charge in [0, 0.05) is 17.0 Å². The molecule has 24 heavy (non-hydrogen) atoms. The van der Waals surface area contributed by atoms with Crippen molar-refractivity contribution in [3.63, 3.8) is 0 Å². The number of benzene rings is 1. The summed E-state index contributed by atoms with van der Waals surface area (Å²) in [4.78, 5) is 30.5. The molecule has 1 heterocycles. The summed E-state index contributed by atoms with van der Waals surface area (Å²) in [6.07, 6.45) is 1.86. The number of hydrogen-bond donors (Lipinski definition) is 0. The Morgan fingerprint density at radius 3 is 2.62 bits per heavy atom. The van der Waals surface area contributed by atoms with Gasteiger partial charge in [0.2, 0.25) is 0 Å². The van der Waals surface area contributed by atoms with E-state index in [1.807, 2.05) is 31.2 Å². The molecule has 1 aromatic heterocycles. The molecular formula is C18H20N2O3S. The van der Waals surface area contributed by atoms with Crippen LogP contribution in [0.25, 0.3) is 10.6 Å². The van der Waals surface area contributed by atoms with Crippen molar-refractivity contribution in [1.82, 2.24) is 9.88 Å². The number of thiazole rings is 1. The second-order valence-electron chi connectivity index (χ2n) is 5.87. The van der Waals surface area contributed by atoms with Gasteiger partial charge >= 0.3 is 5.97 Å². The molecule has 0 atom stereocenters. The highest BCUT2D eigenvalue weighted by Gasteiger charge is 2.35. The largest absolute Gasteiger partial charge is 0.465 e. The first kappa shape index (κ1) is 16.6. The predicted octanol–water partition coefficient (Wildman–Crippen LogP) is 3.29. The Labute approximate surface area is 145 Å². The quantitative estimate of drug-likeness (QED) is 0.755. The molecule has 0 saturated heterocycles. The van der Waals surface area contributed by atoms with Gasteiger partial charge in [-0.1, -0.05) is 29.8 Å². The lowest BCUT2D eigenvalue weighted by Gasteiger charge is -2.20. The molecule has 0 N–H and O–H groups in total. The summed E-state index contributed by atoms with van der Waals surface area (Å²) >= 11 is 1.44. The zero-order valence-electron chi connectivity index (χ0n) is 13.8. The summed E-state index contributed by atoms with van der Waals surface area (Å²) in [6.45, 7) is 4.10. The second-order valence-corrected chi connectivity index (χ2v) is 6.73. The van der Waals surface area contributed by atoms with E-state index < -0.39 is 0 Å². The molecule has 3 rings (SSSR count). The Morgan fingerprint density at radius 2 is 2.00 bits per heavy atom. The van der Waals surface area contributed by atoms with Crippen LogP contribution >= 0.6 is 11.3 Å². The standard InChI is InChI=1S/C18H20N2O3S/c1-3-23-16(21)10-20(14-8-9-14)18(22)15-11-24-17(19-15)13-6-4-12(2)5-7-13/h4-7,11,14H,3,8-10H2,1-2H3. The van der Waals surface area contributed by atoms with E-state index in [4.69, 9.17) is 4.74 Å². The van der Waals surface area contributed by atoms with Gasteiger partial charge in [0.25, 0.3) is 5.91 Å². The molecular weight excluding hydrogens is 324 g/mol. The molecule has 0 aliphatic heterocycles. The van der Waals surface area contributed by atoms with Gasteiger partial charge in [-0.05, 0) is 26.7 Å². The van der Waals surface area contributed by atoms with Crippen LogP contribution in [0.15, 0.2) is 29.6 Å². The molecule has 0 unspecified atom stereocenters. The fraction of sp³-hybridized carbons (Fsp3) is 0.389. The number of rotatable bonds is 6. The SMILES string of the molecule is CCOC(=O)CN(C(=O)c1csc(-c2ccc(C)cc2)n1)C1CC1. The Bertz CT molecular complexity index is 735. The normalized spacial score (nSPS) is 13.6. The third-order valence-electron chi connectivity index (χ3n) is 3.88. The minimum absolute atomic E-state index is 0.00523. The number of ether oxygens (including phenoxy) is 1. The van der Waals surface area contributed by atoms with Gasteiger partial charge in [0.1, 0.15) is 17.2 Å². The van der Waals surface area contributed by atoms with Crippen molar-refractivity contribution in [1.29, 1.82) is 0 Å². The van der Waals surface area contributed by atoms with Gasteiger partial charge in [0.05, 0.1) is 6.61 Å². The minimum Gasteiger partial charge on any atom is -0.465 e. The van der Waals surface area contributed by atoms with Crippen LogP contribution in [0.4, 0.5) is 0 Å². The molecule has 1 aromatic carbocycles. The van der Waals surface area contributed by atoms with Crippen molar-refractivity contribution in [2.45, 2.75) is 32.7 Å². The van der Waals surface area contributed by atoms with Crippen molar-refractivity contribution in [2.24, 2.45) is 0 Å². The number of carbonyl (C=O) groups excluding carboxylic acids is 2. The summed E-state index contributed by atoms with van der Waals surface area (Å²) < 4.78 is 4.97. The van der Waals surface area contributed by atoms with E-state index in [1.165, 1.54) is 16.9 Å². The van der Waals surface area contributed by atoms with E-state index in [1.54, 1.807) is 17.2 Å². The van der Waals surface area contributed by atoms with E-state index in [0.717, 1.165) is 23.4 Å². The van der Waals surface area contributed by atoms with Crippen molar-refractivity contribution in [3.8, 4) is 10.6 Å². The summed E-state index contributed by atoms with van der Waals surface area (Å²) in [7, 11) is 0. The highest BCUT2D eigenvalue weighted by Crippen LogP contribution is 2.30. The first-order chi connectivity index (χ1) is 11.6. The highest BCUT2D eigenvalue weighted by molar-refractivity contribution is 7.13. The predicted molar refractivity (Wildman–Crippen MR) is 93.0 cm³/mol. The topological polar surface area (TPSA) is 59.5 Å². The van der Waals surface area contributed by atoms with Gasteiger partial charge in [-0.2, -0.15) is 0 Å². The zero-order chi connectivity index (χ0) is 17.1. The van der Waals surface area contributed by atoms with Gasteiger partial charge in [-0.25, -0.2) is 4.98 Å². The molecule has 1 fully saturated rings. The molecule has 126 valence electrons. The Balaban J connectivity index is 1.76. The van der Waals surface area contributed by atoms with E-state index in [9.17, 15) is 9.59 Å². The van der Waals surface area contributed by atoms with Crippen LogP contribution < -0.4 is 0 Å². The number of hydrogen-bond acceptors (Lipinski definition) is 5. The van der Waals surface area contributed by atoms with Crippen molar-refractivity contribution < 1.29 is 14.3 Å². The third kappa shape index (κ3) is 3.82. The average molecular weight is 344 g/mol. The first-order valence-electron chi connectivity index (χ1n) is 8.07. The molecule has 1 amide bonds. The van der Waals surface area contributed by atoms with E-state index in [2.05, 4.69) is 4.98 Å². The molecule has 0 spiro atoms. The first-order valence-corrected chi connectivity index (χ1v) is 8.95. The Morgan fingerprint density at radius 1 is 1.29 bits per heavy atom. The maximum absolute atomic E-state index is 12.7. The number of esters is 1. The lowest BCUT2D eigenvalue weighted by Crippen LogP contribution is -2.38. The molecule has 0 radical (unpaired) electrons. The second kappa shape index (κ2) is 7.13. The van der Waals surface area contributed by atoms with Crippen molar-refractivity contribution in [3.05, 3.63) is 40.9 Å². The van der Waals surface area contributed by atoms with Crippen molar-refractivity contribution >= 4 is 23.2 Å². The van der Waals surface area contributed by atoms with Crippen molar-refractivity contribution in [2.75, 3.05) is 13.2 Å². The number of aromatic nitrogens is 1. The summed E-state index contributed by atoms with van der Waals surface area (Å²) in [5.74, 6) is -0.563. The van der Waals surface area contributed by atoms with E-state index in [0.29, 0.717) is 12.3 Å². The average Bonchev–Trinajstić information content (AvgIpc) is 3.29. The number of amides is 1. The molecule has 5 nitrogen and oxygen atoms in total. The van der Waals surface area contributed by atoms with Gasteiger partial charge in [-0.15, -0.1) is 11.3 Å². The molecule has 1 aliphatic carbocycles. The van der Waals surface area contributed by atoms with E-state index in [-0.39, 0.29) is 24.5 Å². The van der Waals surface area contributed by atoms with Crippen LogP contribution in [0, 0.1) is 6.92 Å². The van der Waals surface area contributed by atoms with E-state index >= 15 is 0 Å². The fourth-order valence-electron chi connectivity index (χ4n) is 2.45. The summed E-state index contributed by atoms with van der Waals surface area (Å²) in [5.41, 5.74) is 2.57. The fourth-order valence-corrected chi connectivity index (χ4v) is 3.25. The van der Waals surface area contributed by atoms with Crippen LogP contribution in [-0.2, 0) is 9.53 Å². The lowest BCUT2D eigenvalue weighted by atomic mass is 10.2. The van der Waals surface area contributed by atoms with Gasteiger partial charge in [0.15, 0.2) is 0 Å². The van der Waals surface area contributed by atoms with Gasteiger partial charge in [-0.3, -0.25) is 9.59 Å². The maximum atomic E-state index is 12.7. The van der Waals surface area contributed by atoms with Crippen LogP contribution in [0.3, 0.4) is 0 Å². The Kier molecular flexibility index (Phi) is 4.94.